The van der Waals surface area contributed by atoms with Gasteiger partial charge in [-0.15, -0.1) is 0 Å². The van der Waals surface area contributed by atoms with E-state index < -0.39 is 8.32 Å². The van der Waals surface area contributed by atoms with Crippen molar-refractivity contribution in [1.29, 1.82) is 0 Å². The molecule has 5 heteroatoms. The Labute approximate surface area is 159 Å². The van der Waals surface area contributed by atoms with Crippen molar-refractivity contribution in [3.05, 3.63) is 34.9 Å². The van der Waals surface area contributed by atoms with Gasteiger partial charge in [-0.25, -0.2) is 0 Å². The highest BCUT2D eigenvalue weighted by Gasteiger charge is 2.21. The first-order valence-corrected chi connectivity index (χ1v) is 13.5. The van der Waals surface area contributed by atoms with Crippen LogP contribution in [-0.2, 0) is 15.6 Å². The smallest absolute Gasteiger partial charge is 0.187 e. The van der Waals surface area contributed by atoms with E-state index in [-0.39, 0.29) is 6.29 Å². The van der Waals surface area contributed by atoms with Crippen molar-refractivity contribution in [2.45, 2.75) is 64.5 Å². The summed E-state index contributed by atoms with van der Waals surface area (Å²) in [6.45, 7) is 11.1. The maximum absolute atomic E-state index is 6.25. The van der Waals surface area contributed by atoms with E-state index in [0.717, 1.165) is 37.4 Å². The zero-order valence-corrected chi connectivity index (χ0v) is 17.9. The standard InChI is InChI=1S/C20H34ClNO2Si/c1-25(2,3)24-20(13-10-18-8-11-19(21)12-9-18)23-17-7-16-22-14-5-4-6-15-22/h8-9,11-12,20H,4-7,10,13-17H2,1-3H3. The number of benzene rings is 1. The van der Waals surface area contributed by atoms with Crippen LogP contribution in [0.3, 0.4) is 0 Å². The van der Waals surface area contributed by atoms with Gasteiger partial charge in [0.2, 0.25) is 0 Å². The van der Waals surface area contributed by atoms with Crippen molar-refractivity contribution < 1.29 is 9.16 Å². The predicted octanol–water partition coefficient (Wildman–Crippen LogP) is 5.34. The summed E-state index contributed by atoms with van der Waals surface area (Å²) in [7, 11) is -1.62. The fraction of sp³-hybridized carbons (Fsp3) is 0.700. The summed E-state index contributed by atoms with van der Waals surface area (Å²) in [5.41, 5.74) is 1.28. The molecule has 1 aliphatic heterocycles. The van der Waals surface area contributed by atoms with Crippen LogP contribution < -0.4 is 0 Å². The molecule has 1 unspecified atom stereocenters. The third kappa shape index (κ3) is 9.20. The van der Waals surface area contributed by atoms with Crippen LogP contribution in [0.5, 0.6) is 0 Å². The average Bonchev–Trinajstić information content (AvgIpc) is 2.57. The number of hydrogen-bond donors (Lipinski definition) is 0. The quantitative estimate of drug-likeness (QED) is 0.309. The minimum atomic E-state index is -1.62. The van der Waals surface area contributed by atoms with Gasteiger partial charge in [-0.3, -0.25) is 0 Å². The van der Waals surface area contributed by atoms with Crippen molar-refractivity contribution in [2.24, 2.45) is 0 Å². The van der Waals surface area contributed by atoms with Crippen molar-refractivity contribution in [1.82, 2.24) is 4.90 Å². The first-order valence-electron chi connectivity index (χ1n) is 9.69. The van der Waals surface area contributed by atoms with Gasteiger partial charge in [0.15, 0.2) is 8.32 Å². The van der Waals surface area contributed by atoms with Gasteiger partial charge in [-0.05, 0) is 76.1 Å². The van der Waals surface area contributed by atoms with E-state index in [1.54, 1.807) is 0 Å². The molecule has 0 spiro atoms. The molecule has 0 N–H and O–H groups in total. The third-order valence-electron chi connectivity index (χ3n) is 4.44. The molecule has 0 aromatic heterocycles. The van der Waals surface area contributed by atoms with Crippen LogP contribution in [-0.4, -0.2) is 45.7 Å². The van der Waals surface area contributed by atoms with Crippen LogP contribution in [0, 0.1) is 0 Å². The Morgan fingerprint density at radius 2 is 1.76 bits per heavy atom. The Balaban J connectivity index is 1.73. The Kier molecular flexibility index (Phi) is 8.94. The summed E-state index contributed by atoms with van der Waals surface area (Å²) in [6, 6.07) is 8.07. The number of hydrogen-bond acceptors (Lipinski definition) is 3. The first kappa shape index (κ1) is 20.9. The highest BCUT2D eigenvalue weighted by Crippen LogP contribution is 2.17. The second kappa shape index (κ2) is 10.7. The second-order valence-corrected chi connectivity index (χ2v) is 12.8. The lowest BCUT2D eigenvalue weighted by atomic mass is 10.1. The minimum absolute atomic E-state index is 0.0938. The molecule has 0 saturated carbocycles. The highest BCUT2D eigenvalue weighted by atomic mass is 35.5. The summed E-state index contributed by atoms with van der Waals surface area (Å²) < 4.78 is 12.4. The molecule has 0 aliphatic carbocycles. The van der Waals surface area contributed by atoms with E-state index >= 15 is 0 Å². The molecule has 1 aromatic carbocycles. The van der Waals surface area contributed by atoms with E-state index in [9.17, 15) is 0 Å². The van der Waals surface area contributed by atoms with Crippen LogP contribution in [0.1, 0.15) is 37.7 Å². The SMILES string of the molecule is C[Si](C)(C)OC(CCc1ccc(Cl)cc1)OCCCN1CCCCC1. The van der Waals surface area contributed by atoms with Crippen LogP contribution in [0.25, 0.3) is 0 Å². The molecule has 1 saturated heterocycles. The zero-order chi connectivity index (χ0) is 18.1. The van der Waals surface area contributed by atoms with Gasteiger partial charge in [0.1, 0.15) is 6.29 Å². The lowest BCUT2D eigenvalue weighted by Crippen LogP contribution is -2.35. The number of aryl methyl sites for hydroxylation is 1. The highest BCUT2D eigenvalue weighted by molar-refractivity contribution is 6.69. The molecule has 1 aliphatic rings. The summed E-state index contributed by atoms with van der Waals surface area (Å²) >= 11 is 5.96. The van der Waals surface area contributed by atoms with Gasteiger partial charge < -0.3 is 14.1 Å². The molecule has 1 fully saturated rings. The van der Waals surface area contributed by atoms with E-state index in [2.05, 4.69) is 36.7 Å². The van der Waals surface area contributed by atoms with E-state index in [4.69, 9.17) is 20.8 Å². The number of nitrogens with zero attached hydrogens (tertiary/aromatic N) is 1. The van der Waals surface area contributed by atoms with Crippen molar-refractivity contribution in [2.75, 3.05) is 26.2 Å². The van der Waals surface area contributed by atoms with Gasteiger partial charge in [-0.1, -0.05) is 30.2 Å². The fourth-order valence-electron chi connectivity index (χ4n) is 3.19. The third-order valence-corrected chi connectivity index (χ3v) is 5.66. The van der Waals surface area contributed by atoms with E-state index in [0.29, 0.717) is 0 Å². The lowest BCUT2D eigenvalue weighted by molar-refractivity contribution is -0.0913. The zero-order valence-electron chi connectivity index (χ0n) is 16.1. The number of ether oxygens (including phenoxy) is 1. The van der Waals surface area contributed by atoms with Crippen molar-refractivity contribution in [3.63, 3.8) is 0 Å². The van der Waals surface area contributed by atoms with E-state index in [1.807, 2.05) is 12.1 Å². The normalized spacial score (nSPS) is 17.6. The topological polar surface area (TPSA) is 21.7 Å². The molecule has 1 atom stereocenters. The summed E-state index contributed by atoms with van der Waals surface area (Å²) in [5, 5.41) is 0.785. The molecular formula is C20H34ClNO2Si. The number of halogens is 1. The molecule has 0 amide bonds. The fourth-order valence-corrected chi connectivity index (χ4v) is 4.29. The number of rotatable bonds is 10. The van der Waals surface area contributed by atoms with Crippen LogP contribution in [0.2, 0.25) is 24.7 Å². The second-order valence-electron chi connectivity index (χ2n) is 7.95. The lowest BCUT2D eigenvalue weighted by Gasteiger charge is -2.28. The Bertz CT molecular complexity index is 483. The summed E-state index contributed by atoms with van der Waals surface area (Å²) in [4.78, 5) is 2.56. The molecule has 2 rings (SSSR count). The largest absolute Gasteiger partial charge is 0.393 e. The molecule has 1 aromatic rings. The Morgan fingerprint density at radius 3 is 2.40 bits per heavy atom. The van der Waals surface area contributed by atoms with Gasteiger partial charge in [0.05, 0.1) is 6.61 Å². The predicted molar refractivity (Wildman–Crippen MR) is 109 cm³/mol. The van der Waals surface area contributed by atoms with Gasteiger partial charge >= 0.3 is 0 Å². The first-order chi connectivity index (χ1) is 11.9. The van der Waals surface area contributed by atoms with Crippen molar-refractivity contribution in [3.8, 4) is 0 Å². The number of piperidine rings is 1. The molecule has 142 valence electrons. The maximum Gasteiger partial charge on any atom is 0.187 e. The minimum Gasteiger partial charge on any atom is -0.393 e. The van der Waals surface area contributed by atoms with Crippen LogP contribution in [0.4, 0.5) is 0 Å². The van der Waals surface area contributed by atoms with Gasteiger partial charge in [0.25, 0.3) is 0 Å². The monoisotopic (exact) mass is 383 g/mol. The summed E-state index contributed by atoms with van der Waals surface area (Å²) in [5.74, 6) is 0. The van der Waals surface area contributed by atoms with Crippen molar-refractivity contribution >= 4 is 19.9 Å². The van der Waals surface area contributed by atoms with Crippen LogP contribution >= 0.6 is 11.6 Å². The van der Waals surface area contributed by atoms with Crippen LogP contribution in [0.15, 0.2) is 24.3 Å². The molecule has 0 bridgehead atoms. The Morgan fingerprint density at radius 1 is 1.08 bits per heavy atom. The Hall–Kier alpha value is -0.393. The van der Waals surface area contributed by atoms with E-state index in [1.165, 1.54) is 37.9 Å². The van der Waals surface area contributed by atoms with Gasteiger partial charge in [0, 0.05) is 18.0 Å². The average molecular weight is 384 g/mol. The molecule has 1 heterocycles. The maximum atomic E-state index is 6.25. The molecule has 3 nitrogen and oxygen atoms in total. The van der Waals surface area contributed by atoms with Gasteiger partial charge in [-0.2, -0.15) is 0 Å². The molecule has 0 radical (unpaired) electrons. The number of likely N-dealkylation sites (tertiary alicyclic amines) is 1. The summed E-state index contributed by atoms with van der Waals surface area (Å²) in [6.07, 6.45) is 6.94. The molecule has 25 heavy (non-hydrogen) atoms. The molecular weight excluding hydrogens is 350 g/mol.